The number of hydrogen-bond acceptors (Lipinski definition) is 5. The highest BCUT2D eigenvalue weighted by atomic mass is 16.5. The SMILES string of the molecule is C=CCC(CC(=O)N1CCCC1CO)C(=O)NC(COC(=O)C(CC=C)Cc1ccccc1)C(C)(C)C. The van der Waals surface area contributed by atoms with E-state index in [4.69, 9.17) is 4.74 Å². The van der Waals surface area contributed by atoms with Crippen molar-refractivity contribution < 1.29 is 24.2 Å². The number of hydrogen-bond donors (Lipinski definition) is 2. The summed E-state index contributed by atoms with van der Waals surface area (Å²) < 4.78 is 5.72. The molecule has 0 aliphatic carbocycles. The van der Waals surface area contributed by atoms with Gasteiger partial charge in [-0.15, -0.1) is 13.2 Å². The summed E-state index contributed by atoms with van der Waals surface area (Å²) in [5.74, 6) is -1.67. The molecule has 1 saturated heterocycles. The highest BCUT2D eigenvalue weighted by Gasteiger charge is 2.34. The van der Waals surface area contributed by atoms with E-state index in [1.807, 2.05) is 51.1 Å². The Balaban J connectivity index is 2.04. The zero-order chi connectivity index (χ0) is 27.4. The molecule has 2 N–H and O–H groups in total. The number of carbonyl (C=O) groups is 3. The van der Waals surface area contributed by atoms with E-state index in [0.29, 0.717) is 25.8 Å². The summed E-state index contributed by atoms with van der Waals surface area (Å²) in [7, 11) is 0. The third kappa shape index (κ3) is 9.47. The molecular formula is C30H44N2O5. The first-order chi connectivity index (χ1) is 17.6. The topological polar surface area (TPSA) is 95.9 Å². The first-order valence-electron chi connectivity index (χ1n) is 13.2. The van der Waals surface area contributed by atoms with E-state index in [2.05, 4.69) is 18.5 Å². The van der Waals surface area contributed by atoms with E-state index < -0.39 is 12.0 Å². The molecule has 1 aliphatic rings. The third-order valence-electron chi connectivity index (χ3n) is 7.01. The Hall–Kier alpha value is -2.93. The molecule has 0 aromatic heterocycles. The van der Waals surface area contributed by atoms with Crippen molar-refractivity contribution in [3.05, 3.63) is 61.2 Å². The molecule has 37 heavy (non-hydrogen) atoms. The number of benzene rings is 1. The minimum atomic E-state index is -0.586. The van der Waals surface area contributed by atoms with Crippen LogP contribution in [0, 0.1) is 17.3 Å². The largest absolute Gasteiger partial charge is 0.463 e. The Morgan fingerprint density at radius 3 is 2.38 bits per heavy atom. The van der Waals surface area contributed by atoms with Gasteiger partial charge in [-0.3, -0.25) is 14.4 Å². The van der Waals surface area contributed by atoms with Gasteiger partial charge in [0.25, 0.3) is 0 Å². The second kappa shape index (κ2) is 14.7. The van der Waals surface area contributed by atoms with Crippen LogP contribution in [0.4, 0.5) is 0 Å². The summed E-state index contributed by atoms with van der Waals surface area (Å²) in [6.07, 6.45) is 6.42. The maximum Gasteiger partial charge on any atom is 0.309 e. The standard InChI is InChI=1S/C30H44N2O5/c1-6-12-23(19-27(34)32-17-11-16-25(32)20-33)28(35)31-26(30(3,4)5)21-37-29(36)24(13-7-2)18-22-14-9-8-10-15-22/h6-10,14-15,23-26,33H,1-2,11-13,16-21H2,3-5H3,(H,31,35). The van der Waals surface area contributed by atoms with Crippen LogP contribution >= 0.6 is 0 Å². The summed E-state index contributed by atoms with van der Waals surface area (Å²) in [4.78, 5) is 40.8. The number of allylic oxidation sites excluding steroid dienone is 2. The van der Waals surface area contributed by atoms with Gasteiger partial charge in [0.2, 0.25) is 11.8 Å². The number of nitrogens with zero attached hydrogens (tertiary/aromatic N) is 1. The van der Waals surface area contributed by atoms with Crippen LogP contribution in [0.3, 0.4) is 0 Å². The normalized spacial score (nSPS) is 17.9. The summed E-state index contributed by atoms with van der Waals surface area (Å²) in [5, 5.41) is 12.6. The molecule has 204 valence electrons. The molecule has 4 atom stereocenters. The van der Waals surface area contributed by atoms with Crippen LogP contribution in [0.5, 0.6) is 0 Å². The van der Waals surface area contributed by atoms with Crippen molar-refractivity contribution >= 4 is 17.8 Å². The van der Waals surface area contributed by atoms with E-state index in [-0.39, 0.29) is 54.8 Å². The summed E-state index contributed by atoms with van der Waals surface area (Å²) >= 11 is 0. The highest BCUT2D eigenvalue weighted by molar-refractivity contribution is 5.86. The number of esters is 1. The molecule has 1 aliphatic heterocycles. The van der Waals surface area contributed by atoms with E-state index in [1.165, 1.54) is 0 Å². The van der Waals surface area contributed by atoms with Gasteiger partial charge in [-0.2, -0.15) is 0 Å². The molecule has 0 saturated carbocycles. The summed E-state index contributed by atoms with van der Waals surface area (Å²) in [6.45, 7) is 14.0. The predicted octanol–water partition coefficient (Wildman–Crippen LogP) is 4.06. The molecule has 0 radical (unpaired) electrons. The number of carbonyl (C=O) groups excluding carboxylic acids is 3. The summed E-state index contributed by atoms with van der Waals surface area (Å²) in [5.41, 5.74) is 0.661. The van der Waals surface area contributed by atoms with E-state index >= 15 is 0 Å². The lowest BCUT2D eigenvalue weighted by molar-refractivity contribution is -0.151. The quantitative estimate of drug-likeness (QED) is 0.290. The molecule has 1 fully saturated rings. The molecule has 2 amide bonds. The van der Waals surface area contributed by atoms with Gasteiger partial charge in [-0.1, -0.05) is 63.3 Å². The number of aliphatic hydroxyl groups is 1. The van der Waals surface area contributed by atoms with Gasteiger partial charge in [-0.05, 0) is 43.1 Å². The lowest BCUT2D eigenvalue weighted by Gasteiger charge is -2.33. The van der Waals surface area contributed by atoms with Gasteiger partial charge in [0.1, 0.15) is 6.61 Å². The fraction of sp³-hybridized carbons (Fsp3) is 0.567. The van der Waals surface area contributed by atoms with Gasteiger partial charge in [0.15, 0.2) is 0 Å². The van der Waals surface area contributed by atoms with Crippen LogP contribution in [-0.4, -0.2) is 59.6 Å². The second-order valence-corrected chi connectivity index (χ2v) is 11.0. The average molecular weight is 513 g/mol. The minimum Gasteiger partial charge on any atom is -0.463 e. The molecule has 1 heterocycles. The number of likely N-dealkylation sites (tertiary alicyclic amines) is 1. The Labute approximate surface area is 222 Å². The van der Waals surface area contributed by atoms with Crippen LogP contribution in [0.2, 0.25) is 0 Å². The molecule has 0 bridgehead atoms. The van der Waals surface area contributed by atoms with Crippen molar-refractivity contribution in [1.29, 1.82) is 0 Å². The lowest BCUT2D eigenvalue weighted by atomic mass is 9.86. The van der Waals surface area contributed by atoms with Crippen LogP contribution < -0.4 is 5.32 Å². The molecule has 7 nitrogen and oxygen atoms in total. The lowest BCUT2D eigenvalue weighted by Crippen LogP contribution is -2.50. The molecular weight excluding hydrogens is 468 g/mol. The maximum atomic E-state index is 13.3. The van der Waals surface area contributed by atoms with E-state index in [9.17, 15) is 19.5 Å². The first kappa shape index (κ1) is 30.3. The van der Waals surface area contributed by atoms with Crippen molar-refractivity contribution in [2.24, 2.45) is 17.3 Å². The van der Waals surface area contributed by atoms with Crippen molar-refractivity contribution in [2.45, 2.75) is 71.4 Å². The third-order valence-corrected chi connectivity index (χ3v) is 7.01. The van der Waals surface area contributed by atoms with Crippen LogP contribution in [0.15, 0.2) is 55.6 Å². The van der Waals surface area contributed by atoms with E-state index in [0.717, 1.165) is 18.4 Å². The Kier molecular flexibility index (Phi) is 12.1. The molecule has 2 rings (SSSR count). The van der Waals surface area contributed by atoms with Crippen molar-refractivity contribution in [1.82, 2.24) is 10.2 Å². The first-order valence-corrected chi connectivity index (χ1v) is 13.2. The Bertz CT molecular complexity index is 908. The van der Waals surface area contributed by atoms with Crippen LogP contribution in [0.25, 0.3) is 0 Å². The Morgan fingerprint density at radius 2 is 1.78 bits per heavy atom. The zero-order valence-electron chi connectivity index (χ0n) is 22.7. The van der Waals surface area contributed by atoms with Gasteiger partial charge in [0.05, 0.1) is 30.5 Å². The Morgan fingerprint density at radius 1 is 1.14 bits per heavy atom. The molecule has 1 aromatic carbocycles. The fourth-order valence-corrected chi connectivity index (χ4v) is 4.61. The molecule has 0 spiro atoms. The van der Waals surface area contributed by atoms with Gasteiger partial charge >= 0.3 is 5.97 Å². The number of nitrogens with one attached hydrogen (secondary N) is 1. The van der Waals surface area contributed by atoms with Crippen molar-refractivity contribution in [2.75, 3.05) is 19.8 Å². The molecule has 7 heteroatoms. The average Bonchev–Trinajstić information content (AvgIpc) is 3.35. The van der Waals surface area contributed by atoms with Crippen LogP contribution in [-0.2, 0) is 25.5 Å². The van der Waals surface area contributed by atoms with Gasteiger partial charge in [-0.25, -0.2) is 0 Å². The number of amides is 2. The number of rotatable bonds is 14. The van der Waals surface area contributed by atoms with Gasteiger partial charge in [0, 0.05) is 13.0 Å². The summed E-state index contributed by atoms with van der Waals surface area (Å²) in [6, 6.07) is 9.15. The van der Waals surface area contributed by atoms with Crippen molar-refractivity contribution in [3.8, 4) is 0 Å². The highest BCUT2D eigenvalue weighted by Crippen LogP contribution is 2.24. The fourth-order valence-electron chi connectivity index (χ4n) is 4.61. The number of aliphatic hydroxyl groups excluding tert-OH is 1. The van der Waals surface area contributed by atoms with Gasteiger partial charge < -0.3 is 20.1 Å². The molecule has 1 aromatic rings. The molecule has 4 unspecified atom stereocenters. The predicted molar refractivity (Wildman–Crippen MR) is 146 cm³/mol. The smallest absolute Gasteiger partial charge is 0.309 e. The van der Waals surface area contributed by atoms with E-state index in [1.54, 1.807) is 17.1 Å². The zero-order valence-corrected chi connectivity index (χ0v) is 22.7. The monoisotopic (exact) mass is 512 g/mol. The maximum absolute atomic E-state index is 13.3. The van der Waals surface area contributed by atoms with Crippen LogP contribution in [0.1, 0.15) is 58.4 Å². The second-order valence-electron chi connectivity index (χ2n) is 11.0. The minimum absolute atomic E-state index is 0.0317. The van der Waals surface area contributed by atoms with Crippen molar-refractivity contribution in [3.63, 3.8) is 0 Å². The number of ether oxygens (including phenoxy) is 1.